The van der Waals surface area contributed by atoms with Crippen LogP contribution in [0.5, 0.6) is 0 Å². The molecule has 2 amide bonds. The van der Waals surface area contributed by atoms with Gasteiger partial charge in [-0.3, -0.25) is 9.59 Å². The lowest BCUT2D eigenvalue weighted by Crippen LogP contribution is -2.34. The van der Waals surface area contributed by atoms with Crippen molar-refractivity contribution in [2.75, 3.05) is 5.32 Å². The Kier molecular flexibility index (Phi) is 6.81. The van der Waals surface area contributed by atoms with Crippen molar-refractivity contribution in [2.45, 2.75) is 39.7 Å². The summed E-state index contributed by atoms with van der Waals surface area (Å²) in [6.07, 6.45) is 1.23. The van der Waals surface area contributed by atoms with E-state index in [4.69, 9.17) is 12.2 Å². The molecule has 21 heavy (non-hydrogen) atoms. The molecule has 0 fully saturated rings. The third-order valence-electron chi connectivity index (χ3n) is 2.95. The van der Waals surface area contributed by atoms with Gasteiger partial charge >= 0.3 is 0 Å². The minimum Gasteiger partial charge on any atom is -0.350 e. The first-order valence-electron chi connectivity index (χ1n) is 6.98. The second kappa shape index (κ2) is 8.36. The summed E-state index contributed by atoms with van der Waals surface area (Å²) in [7, 11) is 0. The minimum atomic E-state index is -0.154. The van der Waals surface area contributed by atoms with Gasteiger partial charge in [-0.05, 0) is 43.8 Å². The number of anilines is 1. The van der Waals surface area contributed by atoms with Gasteiger partial charge in [-0.25, -0.2) is 0 Å². The zero-order chi connectivity index (χ0) is 15.8. The molecule has 114 valence electrons. The van der Waals surface area contributed by atoms with Gasteiger partial charge in [-0.2, -0.15) is 0 Å². The Hall–Kier alpha value is -1.95. The Morgan fingerprint density at radius 1 is 1.29 bits per heavy atom. The van der Waals surface area contributed by atoms with E-state index < -0.39 is 0 Å². The third kappa shape index (κ3) is 5.91. The summed E-state index contributed by atoms with van der Waals surface area (Å²) >= 11 is 5.03. The zero-order valence-corrected chi connectivity index (χ0v) is 13.3. The summed E-state index contributed by atoms with van der Waals surface area (Å²) in [6.45, 7) is 5.71. The minimum absolute atomic E-state index is 0.124. The molecule has 0 aliphatic heterocycles. The lowest BCUT2D eigenvalue weighted by Gasteiger charge is -2.13. The molecule has 0 saturated carbocycles. The van der Waals surface area contributed by atoms with Crippen LogP contribution in [0.3, 0.4) is 0 Å². The van der Waals surface area contributed by atoms with Crippen molar-refractivity contribution in [1.82, 2.24) is 10.6 Å². The first-order valence-corrected chi connectivity index (χ1v) is 7.38. The number of rotatable bonds is 5. The fourth-order valence-electron chi connectivity index (χ4n) is 1.52. The van der Waals surface area contributed by atoms with Crippen LogP contribution >= 0.6 is 12.2 Å². The first-order chi connectivity index (χ1) is 9.96. The van der Waals surface area contributed by atoms with E-state index in [1.807, 2.05) is 13.8 Å². The molecule has 0 bridgehead atoms. The molecule has 5 nitrogen and oxygen atoms in total. The quantitative estimate of drug-likeness (QED) is 0.731. The Bertz CT molecular complexity index is 531. The molecule has 0 radical (unpaired) electrons. The van der Waals surface area contributed by atoms with Gasteiger partial charge in [0.15, 0.2) is 5.11 Å². The highest BCUT2D eigenvalue weighted by molar-refractivity contribution is 7.80. The van der Waals surface area contributed by atoms with Gasteiger partial charge in [-0.1, -0.05) is 19.9 Å². The standard InChI is InChI=1S/C15H21N3O2S/c1-4-10(3)16-14(20)11-7-6-8-12(9-11)17-15(21)18-13(19)5-2/h6-10H,4-5H2,1-3H3,(H,16,20)(H2,17,18,19,21)/t10-/m0/s1. The molecule has 1 atom stereocenters. The van der Waals surface area contributed by atoms with Crippen LogP contribution < -0.4 is 16.0 Å². The van der Waals surface area contributed by atoms with Crippen LogP contribution in [-0.4, -0.2) is 23.0 Å². The number of amides is 2. The number of thiocarbonyl (C=S) groups is 1. The van der Waals surface area contributed by atoms with E-state index >= 15 is 0 Å². The lowest BCUT2D eigenvalue weighted by atomic mass is 10.1. The fraction of sp³-hybridized carbons (Fsp3) is 0.400. The molecular formula is C15H21N3O2S. The van der Waals surface area contributed by atoms with Gasteiger partial charge in [0.05, 0.1) is 0 Å². The Labute approximate surface area is 130 Å². The molecule has 1 rings (SSSR count). The van der Waals surface area contributed by atoms with E-state index in [0.29, 0.717) is 17.7 Å². The SMILES string of the molecule is CCC(=O)NC(=S)Nc1cccc(C(=O)N[C@@H](C)CC)c1. The van der Waals surface area contributed by atoms with E-state index in [2.05, 4.69) is 16.0 Å². The van der Waals surface area contributed by atoms with E-state index in [-0.39, 0.29) is 23.0 Å². The number of benzene rings is 1. The monoisotopic (exact) mass is 307 g/mol. The summed E-state index contributed by atoms with van der Waals surface area (Å²) in [6, 6.07) is 7.10. The predicted molar refractivity (Wildman–Crippen MR) is 88.3 cm³/mol. The molecule has 0 heterocycles. The van der Waals surface area contributed by atoms with Crippen molar-refractivity contribution in [3.63, 3.8) is 0 Å². The van der Waals surface area contributed by atoms with Crippen LogP contribution in [0.25, 0.3) is 0 Å². The second-order valence-corrected chi connectivity index (χ2v) is 5.13. The number of hydrogen-bond donors (Lipinski definition) is 3. The highest BCUT2D eigenvalue weighted by Crippen LogP contribution is 2.11. The van der Waals surface area contributed by atoms with Gasteiger partial charge in [0.25, 0.3) is 5.91 Å². The Morgan fingerprint density at radius 2 is 2.00 bits per heavy atom. The van der Waals surface area contributed by atoms with Crippen molar-refractivity contribution in [3.05, 3.63) is 29.8 Å². The van der Waals surface area contributed by atoms with Gasteiger partial charge in [0.1, 0.15) is 0 Å². The Balaban J connectivity index is 2.70. The number of nitrogens with one attached hydrogen (secondary N) is 3. The predicted octanol–water partition coefficient (Wildman–Crippen LogP) is 2.44. The van der Waals surface area contributed by atoms with Crippen LogP contribution in [0.15, 0.2) is 24.3 Å². The fourth-order valence-corrected chi connectivity index (χ4v) is 1.76. The van der Waals surface area contributed by atoms with Crippen LogP contribution in [0.4, 0.5) is 5.69 Å². The molecule has 0 aliphatic carbocycles. The highest BCUT2D eigenvalue weighted by Gasteiger charge is 2.09. The maximum Gasteiger partial charge on any atom is 0.251 e. The van der Waals surface area contributed by atoms with Crippen LogP contribution in [0, 0.1) is 0 Å². The van der Waals surface area contributed by atoms with Gasteiger partial charge < -0.3 is 16.0 Å². The normalized spacial score (nSPS) is 11.4. The van der Waals surface area contributed by atoms with Crippen molar-refractivity contribution in [3.8, 4) is 0 Å². The maximum absolute atomic E-state index is 12.0. The third-order valence-corrected chi connectivity index (χ3v) is 3.15. The smallest absolute Gasteiger partial charge is 0.251 e. The number of hydrogen-bond acceptors (Lipinski definition) is 3. The van der Waals surface area contributed by atoms with Crippen molar-refractivity contribution >= 4 is 34.8 Å². The zero-order valence-electron chi connectivity index (χ0n) is 12.5. The lowest BCUT2D eigenvalue weighted by molar-refractivity contribution is -0.119. The summed E-state index contributed by atoms with van der Waals surface area (Å²) in [5, 5.41) is 8.56. The number of carbonyl (C=O) groups is 2. The average Bonchev–Trinajstić information content (AvgIpc) is 2.46. The summed E-state index contributed by atoms with van der Waals surface area (Å²) < 4.78 is 0. The average molecular weight is 307 g/mol. The van der Waals surface area contributed by atoms with Crippen LogP contribution in [-0.2, 0) is 4.79 Å². The van der Waals surface area contributed by atoms with E-state index in [1.54, 1.807) is 31.2 Å². The van der Waals surface area contributed by atoms with Crippen LogP contribution in [0.1, 0.15) is 44.0 Å². The Morgan fingerprint density at radius 3 is 2.62 bits per heavy atom. The topological polar surface area (TPSA) is 70.2 Å². The molecule has 1 aromatic rings. The van der Waals surface area contributed by atoms with Crippen LogP contribution in [0.2, 0.25) is 0 Å². The van der Waals surface area contributed by atoms with Gasteiger partial charge in [0.2, 0.25) is 5.91 Å². The van der Waals surface area contributed by atoms with Crippen molar-refractivity contribution in [2.24, 2.45) is 0 Å². The molecule has 3 N–H and O–H groups in total. The molecule has 0 aliphatic rings. The maximum atomic E-state index is 12.0. The van der Waals surface area contributed by atoms with Crippen molar-refractivity contribution in [1.29, 1.82) is 0 Å². The second-order valence-electron chi connectivity index (χ2n) is 4.72. The van der Waals surface area contributed by atoms with E-state index in [9.17, 15) is 9.59 Å². The molecule has 6 heteroatoms. The highest BCUT2D eigenvalue weighted by atomic mass is 32.1. The molecular weight excluding hydrogens is 286 g/mol. The molecule has 0 spiro atoms. The summed E-state index contributed by atoms with van der Waals surface area (Å²) in [5.41, 5.74) is 1.21. The van der Waals surface area contributed by atoms with E-state index in [0.717, 1.165) is 6.42 Å². The molecule has 0 unspecified atom stereocenters. The number of carbonyl (C=O) groups excluding carboxylic acids is 2. The summed E-state index contributed by atoms with van der Waals surface area (Å²) in [4.78, 5) is 23.3. The summed E-state index contributed by atoms with van der Waals surface area (Å²) in [5.74, 6) is -0.283. The molecule has 0 saturated heterocycles. The van der Waals surface area contributed by atoms with Gasteiger partial charge in [0, 0.05) is 23.7 Å². The first kappa shape index (κ1) is 17.1. The molecule has 0 aromatic heterocycles. The molecule has 1 aromatic carbocycles. The van der Waals surface area contributed by atoms with E-state index in [1.165, 1.54) is 0 Å². The van der Waals surface area contributed by atoms with Gasteiger partial charge in [-0.15, -0.1) is 0 Å². The largest absolute Gasteiger partial charge is 0.350 e. The van der Waals surface area contributed by atoms with Crippen molar-refractivity contribution < 1.29 is 9.59 Å².